The van der Waals surface area contributed by atoms with Crippen LogP contribution in [0, 0.1) is 10.1 Å². The standard InChI is InChI=1S/C12H14N2O4S/c1-12(2)9(11(15)16)13-10(19-12)7-3-5-8(6-4-7)14(17)18/h3-6,9-10,13H,1-2H3,(H,15,16)/t9-,10+/m0/s1. The molecule has 19 heavy (non-hydrogen) atoms. The molecule has 1 fully saturated rings. The predicted octanol–water partition coefficient (Wildman–Crippen LogP) is -0.199. The number of rotatable bonds is 3. The van der Waals surface area contributed by atoms with Gasteiger partial charge >= 0.3 is 0 Å². The average Bonchev–Trinajstić information content (AvgIpc) is 2.65. The highest BCUT2D eigenvalue weighted by Crippen LogP contribution is 2.40. The summed E-state index contributed by atoms with van der Waals surface area (Å²) in [5.74, 6) is -1.08. The number of non-ortho nitro benzene ring substituents is 1. The van der Waals surface area contributed by atoms with Crippen molar-refractivity contribution in [3.05, 3.63) is 39.9 Å². The summed E-state index contributed by atoms with van der Waals surface area (Å²) in [4.78, 5) is 21.2. The number of nitro benzene ring substituents is 1. The van der Waals surface area contributed by atoms with Gasteiger partial charge in [-0.1, -0.05) is 11.8 Å². The molecule has 0 aromatic heterocycles. The van der Waals surface area contributed by atoms with Gasteiger partial charge in [0.2, 0.25) is 0 Å². The maximum Gasteiger partial charge on any atom is 0.269 e. The first kappa shape index (κ1) is 13.8. The minimum Gasteiger partial charge on any atom is -0.544 e. The lowest BCUT2D eigenvalue weighted by Gasteiger charge is -2.21. The number of nitro groups is 1. The monoisotopic (exact) mass is 282 g/mol. The molecular formula is C12H14N2O4S. The number of carboxylic acids is 1. The fourth-order valence-electron chi connectivity index (χ4n) is 2.17. The molecule has 0 unspecified atom stereocenters. The second-order valence-electron chi connectivity index (χ2n) is 4.98. The van der Waals surface area contributed by atoms with Gasteiger partial charge in [-0.05, 0) is 26.0 Å². The van der Waals surface area contributed by atoms with E-state index in [0.717, 1.165) is 5.56 Å². The van der Waals surface area contributed by atoms with Crippen molar-refractivity contribution in [1.82, 2.24) is 0 Å². The van der Waals surface area contributed by atoms with Gasteiger partial charge in [0.15, 0.2) is 5.37 Å². The molecule has 1 saturated heterocycles. The lowest BCUT2D eigenvalue weighted by atomic mass is 10.0. The number of nitrogens with zero attached hydrogens (tertiary/aromatic N) is 1. The molecule has 102 valence electrons. The molecule has 0 radical (unpaired) electrons. The Morgan fingerprint density at radius 1 is 1.37 bits per heavy atom. The number of hydrogen-bond acceptors (Lipinski definition) is 5. The summed E-state index contributed by atoms with van der Waals surface area (Å²) >= 11 is 1.53. The van der Waals surface area contributed by atoms with Crippen LogP contribution in [0.2, 0.25) is 0 Å². The maximum atomic E-state index is 11.1. The molecule has 0 bridgehead atoms. The summed E-state index contributed by atoms with van der Waals surface area (Å²) in [6, 6.07) is 5.57. The largest absolute Gasteiger partial charge is 0.544 e. The Hall–Kier alpha value is -1.60. The lowest BCUT2D eigenvalue weighted by molar-refractivity contribution is -0.695. The van der Waals surface area contributed by atoms with Crippen LogP contribution in [0.4, 0.5) is 5.69 Å². The van der Waals surface area contributed by atoms with Crippen molar-refractivity contribution in [2.45, 2.75) is 30.0 Å². The van der Waals surface area contributed by atoms with Crippen LogP contribution < -0.4 is 10.4 Å². The summed E-state index contributed by atoms with van der Waals surface area (Å²) in [6.07, 6.45) is 0. The topological polar surface area (TPSA) is 99.9 Å². The van der Waals surface area contributed by atoms with Crippen LogP contribution in [-0.4, -0.2) is 21.7 Å². The number of benzene rings is 1. The van der Waals surface area contributed by atoms with Crippen LogP contribution in [0.5, 0.6) is 0 Å². The first-order valence-electron chi connectivity index (χ1n) is 5.79. The number of aliphatic carboxylic acids is 1. The Balaban J connectivity index is 2.20. The molecule has 2 N–H and O–H groups in total. The number of carbonyl (C=O) groups excluding carboxylic acids is 1. The van der Waals surface area contributed by atoms with Crippen molar-refractivity contribution in [3.63, 3.8) is 0 Å². The number of carbonyl (C=O) groups is 1. The van der Waals surface area contributed by atoms with Gasteiger partial charge in [0.05, 0.1) is 9.67 Å². The smallest absolute Gasteiger partial charge is 0.269 e. The van der Waals surface area contributed by atoms with Crippen LogP contribution in [-0.2, 0) is 4.79 Å². The second-order valence-corrected chi connectivity index (χ2v) is 6.78. The molecule has 1 aliphatic heterocycles. The fraction of sp³-hybridized carbons (Fsp3) is 0.417. The highest BCUT2D eigenvalue weighted by molar-refractivity contribution is 8.00. The first-order chi connectivity index (χ1) is 8.81. The molecule has 0 saturated carbocycles. The molecular weight excluding hydrogens is 268 g/mol. The van der Waals surface area contributed by atoms with E-state index in [0.29, 0.717) is 0 Å². The van der Waals surface area contributed by atoms with Crippen molar-refractivity contribution >= 4 is 23.4 Å². The van der Waals surface area contributed by atoms with Crippen LogP contribution >= 0.6 is 11.8 Å². The third-order valence-corrected chi connectivity index (χ3v) is 4.78. The third kappa shape index (κ3) is 2.71. The number of quaternary nitrogens is 1. The van der Waals surface area contributed by atoms with E-state index in [-0.39, 0.29) is 11.1 Å². The van der Waals surface area contributed by atoms with Gasteiger partial charge in [0.25, 0.3) is 5.69 Å². The van der Waals surface area contributed by atoms with Crippen LogP contribution in [0.25, 0.3) is 0 Å². The Kier molecular flexibility index (Phi) is 3.51. The minimum atomic E-state index is -1.08. The van der Waals surface area contributed by atoms with Crippen LogP contribution in [0.3, 0.4) is 0 Å². The molecule has 0 aliphatic carbocycles. The third-order valence-electron chi connectivity index (χ3n) is 3.23. The van der Waals surface area contributed by atoms with Crippen molar-refractivity contribution in [2.75, 3.05) is 0 Å². The molecule has 2 atom stereocenters. The van der Waals surface area contributed by atoms with E-state index in [1.807, 2.05) is 13.8 Å². The zero-order valence-corrected chi connectivity index (χ0v) is 11.3. The predicted molar refractivity (Wildman–Crippen MR) is 68.2 cm³/mol. The van der Waals surface area contributed by atoms with Gasteiger partial charge in [-0.3, -0.25) is 10.1 Å². The van der Waals surface area contributed by atoms with E-state index >= 15 is 0 Å². The molecule has 1 aromatic carbocycles. The second kappa shape index (κ2) is 4.82. The highest BCUT2D eigenvalue weighted by atomic mass is 32.2. The van der Waals surface area contributed by atoms with Gasteiger partial charge in [-0.15, -0.1) is 0 Å². The van der Waals surface area contributed by atoms with E-state index < -0.39 is 21.7 Å². The highest BCUT2D eigenvalue weighted by Gasteiger charge is 2.46. The summed E-state index contributed by atoms with van der Waals surface area (Å²) in [5.41, 5.74) is 0.898. The first-order valence-corrected chi connectivity index (χ1v) is 6.67. The SMILES string of the molecule is CC1(C)S[C@H](c2ccc([N+](=O)[O-])cc2)[NH2+][C@H]1C(=O)[O-]. The summed E-state index contributed by atoms with van der Waals surface area (Å²) in [6.45, 7) is 3.72. The molecule has 6 nitrogen and oxygen atoms in total. The maximum absolute atomic E-state index is 11.1. The Bertz CT molecular complexity index is 515. The van der Waals surface area contributed by atoms with Gasteiger partial charge in [0.1, 0.15) is 12.0 Å². The summed E-state index contributed by atoms with van der Waals surface area (Å²) < 4.78 is -0.439. The normalized spacial score (nSPS) is 25.2. The number of nitrogens with two attached hydrogens (primary N) is 1. The molecule has 0 amide bonds. The van der Waals surface area contributed by atoms with E-state index in [9.17, 15) is 20.0 Å². The summed E-state index contributed by atoms with van der Waals surface area (Å²) in [5, 5.41) is 23.3. The quantitative estimate of drug-likeness (QED) is 0.611. The lowest BCUT2D eigenvalue weighted by Crippen LogP contribution is -2.92. The van der Waals surface area contributed by atoms with Gasteiger partial charge < -0.3 is 15.2 Å². The number of carboxylic acid groups (broad SMARTS) is 1. The van der Waals surface area contributed by atoms with Crippen LogP contribution in [0.1, 0.15) is 24.8 Å². The molecule has 0 spiro atoms. The van der Waals surface area contributed by atoms with E-state index in [1.54, 1.807) is 17.4 Å². The Morgan fingerprint density at radius 2 is 1.95 bits per heavy atom. The van der Waals surface area contributed by atoms with Gasteiger partial charge in [-0.2, -0.15) is 0 Å². The van der Waals surface area contributed by atoms with Crippen molar-refractivity contribution < 1.29 is 20.1 Å². The molecule has 7 heteroatoms. The average molecular weight is 282 g/mol. The summed E-state index contributed by atoms with van der Waals surface area (Å²) in [7, 11) is 0. The Morgan fingerprint density at radius 3 is 2.37 bits per heavy atom. The van der Waals surface area contributed by atoms with E-state index in [4.69, 9.17) is 0 Å². The number of hydrogen-bond donors (Lipinski definition) is 1. The molecule has 1 heterocycles. The van der Waals surface area contributed by atoms with Gasteiger partial charge in [0, 0.05) is 17.7 Å². The minimum absolute atomic E-state index is 0.0301. The molecule has 1 aromatic rings. The fourth-order valence-corrected chi connectivity index (χ4v) is 3.68. The zero-order chi connectivity index (χ0) is 14.2. The van der Waals surface area contributed by atoms with Crippen LogP contribution in [0.15, 0.2) is 24.3 Å². The van der Waals surface area contributed by atoms with Gasteiger partial charge in [-0.25, -0.2) is 0 Å². The number of thioether (sulfide) groups is 1. The molecule has 2 rings (SSSR count). The zero-order valence-electron chi connectivity index (χ0n) is 10.5. The van der Waals surface area contributed by atoms with Crippen molar-refractivity contribution in [2.24, 2.45) is 0 Å². The van der Waals surface area contributed by atoms with Crippen molar-refractivity contribution in [3.8, 4) is 0 Å². The van der Waals surface area contributed by atoms with Crippen molar-refractivity contribution in [1.29, 1.82) is 0 Å². The van der Waals surface area contributed by atoms with E-state index in [2.05, 4.69) is 0 Å². The Labute approximate surface area is 114 Å². The molecule has 1 aliphatic rings. The van der Waals surface area contributed by atoms with E-state index in [1.165, 1.54) is 23.9 Å².